The lowest BCUT2D eigenvalue weighted by molar-refractivity contribution is 0.112. The molecule has 1 saturated heterocycles. The second kappa shape index (κ2) is 5.89. The minimum absolute atomic E-state index is 0.349. The fourth-order valence-electron chi connectivity index (χ4n) is 2.12. The summed E-state index contributed by atoms with van der Waals surface area (Å²) in [6.45, 7) is 5.04. The summed E-state index contributed by atoms with van der Waals surface area (Å²) in [5.74, 6) is -0.349. The molecule has 1 aliphatic rings. The van der Waals surface area contributed by atoms with E-state index in [0.717, 1.165) is 51.0 Å². The number of nitrogens with zero attached hydrogens (tertiary/aromatic N) is 1. The fourth-order valence-corrected chi connectivity index (χ4v) is 2.12. The molecule has 4 heteroatoms. The first-order valence-electron chi connectivity index (χ1n) is 5.96. The number of rotatable bonds is 4. The van der Waals surface area contributed by atoms with Gasteiger partial charge in [-0.05, 0) is 24.1 Å². The van der Waals surface area contributed by atoms with Crippen LogP contribution in [0, 0.1) is 5.82 Å². The van der Waals surface area contributed by atoms with Crippen molar-refractivity contribution in [2.75, 3.05) is 32.7 Å². The van der Waals surface area contributed by atoms with Crippen molar-refractivity contribution in [3.63, 3.8) is 0 Å². The largest absolute Gasteiger partial charge is 0.314 e. The molecule has 0 amide bonds. The predicted molar refractivity (Wildman–Crippen MR) is 64.8 cm³/mol. The Morgan fingerprint density at radius 1 is 1.35 bits per heavy atom. The van der Waals surface area contributed by atoms with E-state index in [0.29, 0.717) is 5.56 Å². The lowest BCUT2D eigenvalue weighted by Gasteiger charge is -2.27. The van der Waals surface area contributed by atoms with Crippen molar-refractivity contribution in [2.24, 2.45) is 0 Å². The third kappa shape index (κ3) is 3.35. The number of carbonyl (C=O) groups is 1. The van der Waals surface area contributed by atoms with E-state index >= 15 is 0 Å². The Hall–Kier alpha value is -1.26. The third-order valence-electron chi connectivity index (χ3n) is 3.14. The normalized spacial score (nSPS) is 17.0. The highest BCUT2D eigenvalue weighted by atomic mass is 19.1. The summed E-state index contributed by atoms with van der Waals surface area (Å²) in [7, 11) is 0. The van der Waals surface area contributed by atoms with Gasteiger partial charge in [-0.3, -0.25) is 4.79 Å². The van der Waals surface area contributed by atoms with Gasteiger partial charge in [-0.15, -0.1) is 0 Å². The van der Waals surface area contributed by atoms with E-state index in [4.69, 9.17) is 0 Å². The van der Waals surface area contributed by atoms with Crippen molar-refractivity contribution in [2.45, 2.75) is 6.42 Å². The monoisotopic (exact) mass is 236 g/mol. The molecule has 1 N–H and O–H groups in total. The molecule has 0 aromatic heterocycles. The second-order valence-electron chi connectivity index (χ2n) is 4.30. The standard InChI is InChI=1S/C13H17FN2O/c14-13-2-1-11(12(9-13)10-17)3-6-16-7-4-15-5-8-16/h1-2,9-10,15H,3-8H2. The minimum Gasteiger partial charge on any atom is -0.314 e. The number of halogens is 1. The highest BCUT2D eigenvalue weighted by Gasteiger charge is 2.10. The molecule has 0 unspecified atom stereocenters. The first kappa shape index (κ1) is 12.2. The van der Waals surface area contributed by atoms with E-state index in [1.165, 1.54) is 12.1 Å². The van der Waals surface area contributed by atoms with Crippen LogP contribution in [0.15, 0.2) is 18.2 Å². The predicted octanol–water partition coefficient (Wildman–Crippen LogP) is 1.09. The molecule has 1 fully saturated rings. The summed E-state index contributed by atoms with van der Waals surface area (Å²) in [5.41, 5.74) is 1.40. The Morgan fingerprint density at radius 3 is 2.82 bits per heavy atom. The molecule has 0 radical (unpaired) electrons. The lowest BCUT2D eigenvalue weighted by atomic mass is 10.0. The van der Waals surface area contributed by atoms with Crippen LogP contribution in [0.3, 0.4) is 0 Å². The quantitative estimate of drug-likeness (QED) is 0.794. The average Bonchev–Trinajstić information content (AvgIpc) is 2.38. The lowest BCUT2D eigenvalue weighted by Crippen LogP contribution is -2.44. The van der Waals surface area contributed by atoms with Gasteiger partial charge in [0.15, 0.2) is 0 Å². The molecule has 17 heavy (non-hydrogen) atoms. The molecule has 1 aliphatic heterocycles. The number of benzene rings is 1. The maximum absolute atomic E-state index is 13.0. The highest BCUT2D eigenvalue weighted by molar-refractivity contribution is 5.77. The molecule has 2 rings (SSSR count). The summed E-state index contributed by atoms with van der Waals surface area (Å²) in [4.78, 5) is 13.2. The summed E-state index contributed by atoms with van der Waals surface area (Å²) in [5, 5.41) is 3.30. The fraction of sp³-hybridized carbons (Fsp3) is 0.462. The topological polar surface area (TPSA) is 32.3 Å². The zero-order valence-electron chi connectivity index (χ0n) is 9.79. The zero-order valence-corrected chi connectivity index (χ0v) is 9.79. The summed E-state index contributed by atoms with van der Waals surface area (Å²) in [6, 6.07) is 4.43. The molecule has 0 saturated carbocycles. The molecular weight excluding hydrogens is 219 g/mol. The number of nitrogens with one attached hydrogen (secondary N) is 1. The molecule has 1 aromatic rings. The molecular formula is C13H17FN2O. The van der Waals surface area contributed by atoms with E-state index in [9.17, 15) is 9.18 Å². The van der Waals surface area contributed by atoms with Gasteiger partial charge in [-0.1, -0.05) is 6.07 Å². The smallest absolute Gasteiger partial charge is 0.150 e. The van der Waals surface area contributed by atoms with Crippen LogP contribution in [0.4, 0.5) is 4.39 Å². The number of carbonyl (C=O) groups excluding carboxylic acids is 1. The Labute approximate surface area is 101 Å². The summed E-state index contributed by atoms with van der Waals surface area (Å²) >= 11 is 0. The molecule has 0 aliphatic carbocycles. The first-order valence-corrected chi connectivity index (χ1v) is 5.96. The average molecular weight is 236 g/mol. The Balaban J connectivity index is 1.95. The van der Waals surface area contributed by atoms with Crippen molar-refractivity contribution in [1.29, 1.82) is 0 Å². The maximum Gasteiger partial charge on any atom is 0.150 e. The third-order valence-corrected chi connectivity index (χ3v) is 3.14. The van der Waals surface area contributed by atoms with Crippen molar-refractivity contribution < 1.29 is 9.18 Å². The van der Waals surface area contributed by atoms with Gasteiger partial charge in [-0.2, -0.15) is 0 Å². The van der Waals surface area contributed by atoms with Gasteiger partial charge in [0.05, 0.1) is 0 Å². The van der Waals surface area contributed by atoms with E-state index < -0.39 is 0 Å². The number of aldehydes is 1. The van der Waals surface area contributed by atoms with E-state index in [1.807, 2.05) is 0 Å². The van der Waals surface area contributed by atoms with Gasteiger partial charge in [0, 0.05) is 38.3 Å². The number of hydrogen-bond acceptors (Lipinski definition) is 3. The maximum atomic E-state index is 13.0. The van der Waals surface area contributed by atoms with Crippen LogP contribution >= 0.6 is 0 Å². The van der Waals surface area contributed by atoms with Gasteiger partial charge in [0.2, 0.25) is 0 Å². The van der Waals surface area contributed by atoms with Gasteiger partial charge in [0.25, 0.3) is 0 Å². The molecule has 0 atom stereocenters. The van der Waals surface area contributed by atoms with Crippen LogP contribution in [0.1, 0.15) is 15.9 Å². The van der Waals surface area contributed by atoms with Crippen molar-refractivity contribution >= 4 is 6.29 Å². The van der Waals surface area contributed by atoms with E-state index in [-0.39, 0.29) is 5.82 Å². The minimum atomic E-state index is -0.349. The Bertz CT molecular complexity index is 389. The molecule has 92 valence electrons. The Kier molecular flexibility index (Phi) is 4.23. The van der Waals surface area contributed by atoms with Gasteiger partial charge in [0.1, 0.15) is 12.1 Å². The SMILES string of the molecule is O=Cc1cc(F)ccc1CCN1CCNCC1. The molecule has 1 aromatic carbocycles. The number of hydrogen-bond donors (Lipinski definition) is 1. The number of piperazine rings is 1. The van der Waals surface area contributed by atoms with Crippen molar-refractivity contribution in [3.05, 3.63) is 35.1 Å². The Morgan fingerprint density at radius 2 is 2.12 bits per heavy atom. The van der Waals surface area contributed by atoms with Crippen LogP contribution in [0.5, 0.6) is 0 Å². The van der Waals surface area contributed by atoms with Crippen LogP contribution < -0.4 is 5.32 Å². The van der Waals surface area contributed by atoms with Gasteiger partial charge in [-0.25, -0.2) is 4.39 Å². The van der Waals surface area contributed by atoms with Crippen LogP contribution in [0.25, 0.3) is 0 Å². The van der Waals surface area contributed by atoms with Crippen LogP contribution in [-0.2, 0) is 6.42 Å². The second-order valence-corrected chi connectivity index (χ2v) is 4.30. The highest BCUT2D eigenvalue weighted by Crippen LogP contribution is 2.11. The van der Waals surface area contributed by atoms with Crippen molar-refractivity contribution in [1.82, 2.24) is 10.2 Å². The summed E-state index contributed by atoms with van der Waals surface area (Å²) < 4.78 is 13.0. The van der Waals surface area contributed by atoms with E-state index in [2.05, 4.69) is 10.2 Å². The van der Waals surface area contributed by atoms with E-state index in [1.54, 1.807) is 6.07 Å². The molecule has 3 nitrogen and oxygen atoms in total. The van der Waals surface area contributed by atoms with Crippen LogP contribution in [0.2, 0.25) is 0 Å². The molecule has 1 heterocycles. The molecule has 0 spiro atoms. The first-order chi connectivity index (χ1) is 8.29. The van der Waals surface area contributed by atoms with Crippen molar-refractivity contribution in [3.8, 4) is 0 Å². The zero-order chi connectivity index (χ0) is 12.1. The summed E-state index contributed by atoms with van der Waals surface area (Å²) in [6.07, 6.45) is 1.53. The van der Waals surface area contributed by atoms with Gasteiger partial charge < -0.3 is 10.2 Å². The van der Waals surface area contributed by atoms with Crippen LogP contribution in [-0.4, -0.2) is 43.9 Å². The molecule has 0 bridgehead atoms. The van der Waals surface area contributed by atoms with Gasteiger partial charge >= 0.3 is 0 Å².